The van der Waals surface area contributed by atoms with Crippen LogP contribution in [0.25, 0.3) is 0 Å². The van der Waals surface area contributed by atoms with Crippen molar-refractivity contribution in [1.29, 1.82) is 0 Å². The van der Waals surface area contributed by atoms with Crippen molar-refractivity contribution in [3.8, 4) is 0 Å². The zero-order chi connectivity index (χ0) is 9.14. The van der Waals surface area contributed by atoms with Crippen molar-refractivity contribution in [3.05, 3.63) is 36.0 Å². The van der Waals surface area contributed by atoms with Crippen LogP contribution in [0.3, 0.4) is 0 Å². The molecule has 0 heterocycles. The van der Waals surface area contributed by atoms with E-state index in [1.165, 1.54) is 36.0 Å². The third-order valence-corrected chi connectivity index (χ3v) is 2.48. The largest absolute Gasteiger partial charge is 0.0956 e. The molecule has 1 saturated carbocycles. The topological polar surface area (TPSA) is 0 Å². The molecule has 1 fully saturated rings. The molecular formula is C12H18. The van der Waals surface area contributed by atoms with Crippen LogP contribution in [-0.2, 0) is 0 Å². The van der Waals surface area contributed by atoms with E-state index in [1.807, 2.05) is 0 Å². The Morgan fingerprint density at radius 2 is 2.08 bits per heavy atom. The maximum Gasteiger partial charge on any atom is -0.0225 e. The second-order valence-electron chi connectivity index (χ2n) is 3.86. The van der Waals surface area contributed by atoms with Gasteiger partial charge < -0.3 is 0 Å². The van der Waals surface area contributed by atoms with Crippen LogP contribution >= 0.6 is 0 Å². The summed E-state index contributed by atoms with van der Waals surface area (Å²) in [4.78, 5) is 0. The van der Waals surface area contributed by atoms with Gasteiger partial charge in [-0.15, -0.1) is 0 Å². The van der Waals surface area contributed by atoms with Gasteiger partial charge in [0.05, 0.1) is 0 Å². The van der Waals surface area contributed by atoms with Gasteiger partial charge in [0.25, 0.3) is 0 Å². The molecule has 0 nitrogen and oxygen atoms in total. The van der Waals surface area contributed by atoms with E-state index >= 15 is 0 Å². The van der Waals surface area contributed by atoms with Crippen LogP contribution in [-0.4, -0.2) is 0 Å². The molecule has 12 heavy (non-hydrogen) atoms. The van der Waals surface area contributed by atoms with Gasteiger partial charge in [0.2, 0.25) is 0 Å². The molecule has 0 amide bonds. The fourth-order valence-corrected chi connectivity index (χ4v) is 1.39. The summed E-state index contributed by atoms with van der Waals surface area (Å²) in [7, 11) is 0. The van der Waals surface area contributed by atoms with Crippen LogP contribution in [0.2, 0.25) is 0 Å². The Morgan fingerprint density at radius 3 is 2.50 bits per heavy atom. The van der Waals surface area contributed by atoms with Crippen LogP contribution < -0.4 is 0 Å². The van der Waals surface area contributed by atoms with Gasteiger partial charge in [0, 0.05) is 0 Å². The Labute approximate surface area is 75.7 Å². The molecule has 0 radical (unpaired) electrons. The fourth-order valence-electron chi connectivity index (χ4n) is 1.39. The van der Waals surface area contributed by atoms with E-state index in [2.05, 4.69) is 33.1 Å². The van der Waals surface area contributed by atoms with Crippen molar-refractivity contribution in [1.82, 2.24) is 0 Å². The second kappa shape index (κ2) is 3.75. The molecule has 0 saturated heterocycles. The molecule has 1 aliphatic carbocycles. The molecule has 1 rings (SSSR count). The van der Waals surface area contributed by atoms with Crippen LogP contribution in [0.15, 0.2) is 36.0 Å². The predicted molar refractivity (Wildman–Crippen MR) is 55.1 cm³/mol. The van der Waals surface area contributed by atoms with Gasteiger partial charge in [-0.2, -0.15) is 0 Å². The third-order valence-electron chi connectivity index (χ3n) is 2.48. The smallest absolute Gasteiger partial charge is 0.0225 e. The highest BCUT2D eigenvalue weighted by atomic mass is 14.2. The maximum atomic E-state index is 4.04. The fraction of sp³-hybridized carbons (Fsp3) is 0.500. The normalized spacial score (nSPS) is 20.9. The zero-order valence-corrected chi connectivity index (χ0v) is 8.19. The first-order chi connectivity index (χ1) is 5.61. The van der Waals surface area contributed by atoms with Gasteiger partial charge >= 0.3 is 0 Å². The molecule has 0 atom stereocenters. The Balaban J connectivity index is 2.68. The van der Waals surface area contributed by atoms with Gasteiger partial charge in [-0.05, 0) is 30.8 Å². The summed E-state index contributed by atoms with van der Waals surface area (Å²) >= 11 is 0. The van der Waals surface area contributed by atoms with Gasteiger partial charge in [-0.3, -0.25) is 0 Å². The average Bonchev–Trinajstić information content (AvgIpc) is 2.36. The second-order valence-corrected chi connectivity index (χ2v) is 3.86. The first-order valence-corrected chi connectivity index (χ1v) is 4.68. The van der Waals surface area contributed by atoms with E-state index in [4.69, 9.17) is 0 Å². The highest BCUT2D eigenvalue weighted by Gasteiger charge is 2.11. The highest BCUT2D eigenvalue weighted by molar-refractivity contribution is 5.38. The lowest BCUT2D eigenvalue weighted by Gasteiger charge is -2.05. The van der Waals surface area contributed by atoms with E-state index in [9.17, 15) is 0 Å². The van der Waals surface area contributed by atoms with Crippen LogP contribution in [0, 0.1) is 5.92 Å². The Bertz CT molecular complexity index is 228. The lowest BCUT2D eigenvalue weighted by Crippen LogP contribution is -1.89. The molecule has 0 bridgehead atoms. The monoisotopic (exact) mass is 162 g/mol. The summed E-state index contributed by atoms with van der Waals surface area (Å²) < 4.78 is 0. The zero-order valence-electron chi connectivity index (χ0n) is 8.19. The summed E-state index contributed by atoms with van der Waals surface area (Å²) in [5.74, 6) is 0.561. The van der Waals surface area contributed by atoms with Gasteiger partial charge in [-0.25, -0.2) is 0 Å². The highest BCUT2D eigenvalue weighted by Crippen LogP contribution is 2.30. The van der Waals surface area contributed by atoms with E-state index in [0.29, 0.717) is 5.92 Å². The number of rotatable bonds is 2. The SMILES string of the molecule is C=C1CCC/C1=C/C(=C)C(C)C. The summed E-state index contributed by atoms with van der Waals surface area (Å²) in [5, 5.41) is 0. The van der Waals surface area contributed by atoms with E-state index in [-0.39, 0.29) is 0 Å². The molecule has 66 valence electrons. The summed E-state index contributed by atoms with van der Waals surface area (Å²) in [6.45, 7) is 12.4. The Hall–Kier alpha value is -0.780. The summed E-state index contributed by atoms with van der Waals surface area (Å²) in [5.41, 5.74) is 3.97. The average molecular weight is 162 g/mol. The molecule has 0 aliphatic heterocycles. The summed E-state index contributed by atoms with van der Waals surface area (Å²) in [6.07, 6.45) is 5.87. The van der Waals surface area contributed by atoms with Crippen LogP contribution in [0.1, 0.15) is 33.1 Å². The number of allylic oxidation sites excluding steroid dienone is 4. The van der Waals surface area contributed by atoms with E-state index in [1.54, 1.807) is 0 Å². The predicted octanol–water partition coefficient (Wildman–Crippen LogP) is 3.87. The lowest BCUT2D eigenvalue weighted by molar-refractivity contribution is 0.792. The van der Waals surface area contributed by atoms with Crippen molar-refractivity contribution in [3.63, 3.8) is 0 Å². The molecule has 0 N–H and O–H groups in total. The minimum atomic E-state index is 0.561. The Kier molecular flexibility index (Phi) is 2.91. The van der Waals surface area contributed by atoms with Crippen molar-refractivity contribution < 1.29 is 0 Å². The molecular weight excluding hydrogens is 144 g/mol. The lowest BCUT2D eigenvalue weighted by atomic mass is 10.0. The van der Waals surface area contributed by atoms with Gasteiger partial charge in [-0.1, -0.05) is 44.2 Å². The number of hydrogen-bond acceptors (Lipinski definition) is 0. The van der Waals surface area contributed by atoms with Crippen molar-refractivity contribution >= 4 is 0 Å². The first kappa shape index (κ1) is 9.31. The van der Waals surface area contributed by atoms with Crippen molar-refractivity contribution in [2.45, 2.75) is 33.1 Å². The van der Waals surface area contributed by atoms with Gasteiger partial charge in [0.15, 0.2) is 0 Å². The molecule has 0 aromatic rings. The first-order valence-electron chi connectivity index (χ1n) is 4.68. The van der Waals surface area contributed by atoms with E-state index in [0.717, 1.165) is 0 Å². The standard InChI is InChI=1S/C12H18/c1-9(2)11(4)8-12-7-5-6-10(12)3/h8-9H,3-7H2,1-2H3/b12-8-. The molecule has 0 unspecified atom stereocenters. The van der Waals surface area contributed by atoms with E-state index < -0.39 is 0 Å². The van der Waals surface area contributed by atoms with Crippen LogP contribution in [0.5, 0.6) is 0 Å². The third kappa shape index (κ3) is 2.10. The van der Waals surface area contributed by atoms with Crippen molar-refractivity contribution in [2.75, 3.05) is 0 Å². The molecule has 0 aromatic carbocycles. The summed E-state index contributed by atoms with van der Waals surface area (Å²) in [6, 6.07) is 0. The van der Waals surface area contributed by atoms with Crippen LogP contribution in [0.4, 0.5) is 0 Å². The molecule has 1 aliphatic rings. The van der Waals surface area contributed by atoms with Gasteiger partial charge in [0.1, 0.15) is 0 Å². The molecule has 0 aromatic heterocycles. The van der Waals surface area contributed by atoms with Crippen molar-refractivity contribution in [2.24, 2.45) is 5.92 Å². The minimum absolute atomic E-state index is 0.561. The quantitative estimate of drug-likeness (QED) is 0.578. The minimum Gasteiger partial charge on any atom is -0.0956 e. The molecule has 0 spiro atoms. The maximum absolute atomic E-state index is 4.04. The molecule has 0 heteroatoms. The Morgan fingerprint density at radius 1 is 1.42 bits per heavy atom. The number of hydrogen-bond donors (Lipinski definition) is 0.